The Bertz CT molecular complexity index is 732. The summed E-state index contributed by atoms with van der Waals surface area (Å²) in [5, 5.41) is -0.632. The predicted octanol–water partition coefficient (Wildman–Crippen LogP) is 3.78. The number of rotatable bonds is 4. The van der Waals surface area contributed by atoms with Gasteiger partial charge in [-0.25, -0.2) is 8.78 Å². The zero-order chi connectivity index (χ0) is 17.1. The van der Waals surface area contributed by atoms with Gasteiger partial charge in [-0.05, 0) is 30.2 Å². The quantitative estimate of drug-likeness (QED) is 0.816. The number of likely N-dealkylation sites (tertiary alicyclic amines) is 1. The van der Waals surface area contributed by atoms with Gasteiger partial charge in [-0.15, -0.1) is 24.2 Å². The number of carbonyl (C=O) groups is 1. The van der Waals surface area contributed by atoms with Crippen LogP contribution in [0.4, 0.5) is 8.78 Å². The van der Waals surface area contributed by atoms with Gasteiger partial charge in [-0.3, -0.25) is 4.79 Å². The molecule has 1 aliphatic rings. The molecule has 1 aliphatic heterocycles. The molecule has 1 heterocycles. The minimum Gasteiger partial charge on any atom is -0.340 e. The molecule has 3 nitrogen and oxygen atoms in total. The number of nitrogens with two attached hydrogens (primary N) is 1. The molecule has 0 aromatic heterocycles. The summed E-state index contributed by atoms with van der Waals surface area (Å²) < 4.78 is 27.5. The number of thioether (sulfide) groups is 1. The molecular weight excluding hydrogens is 366 g/mol. The Morgan fingerprint density at radius 1 is 1.20 bits per heavy atom. The van der Waals surface area contributed by atoms with Crippen molar-refractivity contribution in [1.29, 1.82) is 0 Å². The number of hydrogen-bond donors (Lipinski definition) is 1. The van der Waals surface area contributed by atoms with Crippen molar-refractivity contribution in [1.82, 2.24) is 4.90 Å². The van der Waals surface area contributed by atoms with Gasteiger partial charge in [-0.2, -0.15) is 0 Å². The van der Waals surface area contributed by atoms with Gasteiger partial charge in [0.2, 0.25) is 5.91 Å². The monoisotopic (exact) mass is 384 g/mol. The third kappa shape index (κ3) is 4.71. The van der Waals surface area contributed by atoms with Crippen LogP contribution >= 0.6 is 24.2 Å². The minimum atomic E-state index is -0.632. The van der Waals surface area contributed by atoms with Crippen molar-refractivity contribution in [2.45, 2.75) is 22.6 Å². The van der Waals surface area contributed by atoms with Crippen LogP contribution in [0.15, 0.2) is 53.4 Å². The highest BCUT2D eigenvalue weighted by atomic mass is 35.5. The van der Waals surface area contributed by atoms with Gasteiger partial charge in [0.15, 0.2) is 0 Å². The molecule has 134 valence electrons. The Kier molecular flexibility index (Phi) is 6.81. The van der Waals surface area contributed by atoms with E-state index >= 15 is 0 Å². The predicted molar refractivity (Wildman–Crippen MR) is 97.8 cm³/mol. The minimum absolute atomic E-state index is 0. The lowest BCUT2D eigenvalue weighted by atomic mass is 10.1. The fourth-order valence-corrected chi connectivity index (χ4v) is 3.89. The van der Waals surface area contributed by atoms with E-state index in [0.29, 0.717) is 13.1 Å². The molecule has 0 radical (unpaired) electrons. The SMILES string of the molecule is Cl.N[C@@H]1CCN(C(=O)C(Sc2cc(F)ccc2F)c2ccccc2)C1. The first-order valence-electron chi connectivity index (χ1n) is 7.75. The van der Waals surface area contributed by atoms with E-state index in [9.17, 15) is 13.6 Å². The smallest absolute Gasteiger partial charge is 0.240 e. The summed E-state index contributed by atoms with van der Waals surface area (Å²) in [4.78, 5) is 14.8. The lowest BCUT2D eigenvalue weighted by Gasteiger charge is -2.23. The summed E-state index contributed by atoms with van der Waals surface area (Å²) in [5.74, 6) is -1.18. The molecule has 1 unspecified atom stereocenters. The number of halogens is 3. The molecule has 1 amide bonds. The standard InChI is InChI=1S/C18H18F2N2OS.ClH/c19-13-6-7-15(20)16(10-13)24-17(12-4-2-1-3-5-12)18(23)22-9-8-14(21)11-22;/h1-7,10,14,17H,8-9,11,21H2;1H/t14-,17?;/m1./s1. The average molecular weight is 385 g/mol. The molecule has 0 aliphatic carbocycles. The molecule has 2 aromatic carbocycles. The summed E-state index contributed by atoms with van der Waals surface area (Å²) in [6.45, 7) is 1.09. The second-order valence-electron chi connectivity index (χ2n) is 5.82. The van der Waals surface area contributed by atoms with Crippen LogP contribution in [-0.2, 0) is 4.79 Å². The number of hydrogen-bond acceptors (Lipinski definition) is 3. The molecule has 25 heavy (non-hydrogen) atoms. The van der Waals surface area contributed by atoms with E-state index in [1.807, 2.05) is 30.3 Å². The van der Waals surface area contributed by atoms with E-state index in [2.05, 4.69) is 0 Å². The maximum Gasteiger partial charge on any atom is 0.240 e. The first-order chi connectivity index (χ1) is 11.5. The maximum atomic E-state index is 14.0. The van der Waals surface area contributed by atoms with Crippen molar-refractivity contribution in [2.24, 2.45) is 5.73 Å². The summed E-state index contributed by atoms with van der Waals surface area (Å²) >= 11 is 1.03. The molecule has 3 rings (SSSR count). The van der Waals surface area contributed by atoms with Crippen LogP contribution in [0.3, 0.4) is 0 Å². The Hall–Kier alpha value is -1.63. The molecule has 7 heteroatoms. The maximum absolute atomic E-state index is 14.0. The number of carbonyl (C=O) groups excluding carboxylic acids is 1. The van der Waals surface area contributed by atoms with Crippen molar-refractivity contribution in [3.63, 3.8) is 0 Å². The van der Waals surface area contributed by atoms with Crippen LogP contribution in [0.5, 0.6) is 0 Å². The fourth-order valence-electron chi connectivity index (χ4n) is 2.74. The number of nitrogens with zero attached hydrogens (tertiary/aromatic N) is 1. The molecule has 1 saturated heterocycles. The zero-order valence-corrected chi connectivity index (χ0v) is 15.0. The van der Waals surface area contributed by atoms with E-state index in [0.717, 1.165) is 41.9 Å². The second kappa shape index (κ2) is 8.65. The van der Waals surface area contributed by atoms with E-state index in [-0.39, 0.29) is 29.3 Å². The molecule has 2 N–H and O–H groups in total. The highest BCUT2D eigenvalue weighted by Gasteiger charge is 2.31. The topological polar surface area (TPSA) is 46.3 Å². The van der Waals surface area contributed by atoms with Crippen LogP contribution in [0.2, 0.25) is 0 Å². The highest BCUT2D eigenvalue weighted by Crippen LogP contribution is 2.38. The summed E-state index contributed by atoms with van der Waals surface area (Å²) in [5.41, 5.74) is 6.65. The van der Waals surface area contributed by atoms with Crippen molar-refractivity contribution >= 4 is 30.1 Å². The van der Waals surface area contributed by atoms with E-state index in [1.54, 1.807) is 4.90 Å². The van der Waals surface area contributed by atoms with Crippen LogP contribution in [-0.4, -0.2) is 29.9 Å². The normalized spacial score (nSPS) is 17.9. The Labute approximate surface area is 156 Å². The number of benzene rings is 2. The van der Waals surface area contributed by atoms with Gasteiger partial charge in [0.05, 0.1) is 0 Å². The van der Waals surface area contributed by atoms with Gasteiger partial charge in [-0.1, -0.05) is 30.3 Å². The van der Waals surface area contributed by atoms with Crippen LogP contribution in [0, 0.1) is 11.6 Å². The Morgan fingerprint density at radius 2 is 1.92 bits per heavy atom. The van der Waals surface area contributed by atoms with Crippen LogP contribution in [0.25, 0.3) is 0 Å². The molecular formula is C18H19ClF2N2OS. The lowest BCUT2D eigenvalue weighted by molar-refractivity contribution is -0.129. The third-order valence-corrected chi connectivity index (χ3v) is 5.28. The summed E-state index contributed by atoms with van der Waals surface area (Å²) in [6.07, 6.45) is 0.756. The van der Waals surface area contributed by atoms with Gasteiger partial charge >= 0.3 is 0 Å². The lowest BCUT2D eigenvalue weighted by Crippen LogP contribution is -2.34. The van der Waals surface area contributed by atoms with Crippen LogP contribution in [0.1, 0.15) is 17.2 Å². The number of amides is 1. The molecule has 2 atom stereocenters. The highest BCUT2D eigenvalue weighted by molar-refractivity contribution is 8.00. The average Bonchev–Trinajstić information content (AvgIpc) is 3.02. The summed E-state index contributed by atoms with van der Waals surface area (Å²) in [6, 6.07) is 12.4. The van der Waals surface area contributed by atoms with Crippen LogP contribution < -0.4 is 5.73 Å². The molecule has 2 aromatic rings. The fraction of sp³-hybridized carbons (Fsp3) is 0.278. The third-order valence-electron chi connectivity index (χ3n) is 4.00. The van der Waals surface area contributed by atoms with Gasteiger partial charge < -0.3 is 10.6 Å². The van der Waals surface area contributed by atoms with Crippen molar-refractivity contribution in [2.75, 3.05) is 13.1 Å². The Balaban J connectivity index is 0.00000225. The largest absolute Gasteiger partial charge is 0.340 e. The van der Waals surface area contributed by atoms with E-state index in [4.69, 9.17) is 5.73 Å². The van der Waals surface area contributed by atoms with Gasteiger partial charge in [0.1, 0.15) is 16.9 Å². The zero-order valence-electron chi connectivity index (χ0n) is 13.4. The molecule has 0 bridgehead atoms. The van der Waals surface area contributed by atoms with Crippen molar-refractivity contribution in [3.8, 4) is 0 Å². The van der Waals surface area contributed by atoms with Gasteiger partial charge in [0.25, 0.3) is 0 Å². The molecule has 0 saturated carbocycles. The summed E-state index contributed by atoms with van der Waals surface area (Å²) in [7, 11) is 0. The van der Waals surface area contributed by atoms with E-state index in [1.165, 1.54) is 0 Å². The van der Waals surface area contributed by atoms with Crippen molar-refractivity contribution in [3.05, 3.63) is 65.7 Å². The first-order valence-corrected chi connectivity index (χ1v) is 8.63. The second-order valence-corrected chi connectivity index (χ2v) is 6.96. The first kappa shape index (κ1) is 19.7. The Morgan fingerprint density at radius 3 is 2.56 bits per heavy atom. The van der Waals surface area contributed by atoms with E-state index < -0.39 is 16.9 Å². The van der Waals surface area contributed by atoms with Crippen molar-refractivity contribution < 1.29 is 13.6 Å². The van der Waals surface area contributed by atoms with Gasteiger partial charge in [0, 0.05) is 24.0 Å². The molecule has 1 fully saturated rings. The molecule has 0 spiro atoms.